The van der Waals surface area contributed by atoms with Crippen LogP contribution in [0.2, 0.25) is 0 Å². The van der Waals surface area contributed by atoms with Crippen LogP contribution in [0.1, 0.15) is 56.9 Å². The maximum Gasteiger partial charge on any atom is 0.411 e. The molecule has 2 fully saturated rings. The van der Waals surface area contributed by atoms with Crippen molar-refractivity contribution in [1.82, 2.24) is 0 Å². The molecule has 41 heavy (non-hydrogen) atoms. The van der Waals surface area contributed by atoms with E-state index in [9.17, 15) is 35.9 Å². The lowest BCUT2D eigenvalue weighted by atomic mass is 9.82. The zero-order valence-electron chi connectivity index (χ0n) is 23.1. The van der Waals surface area contributed by atoms with Gasteiger partial charge in [0.2, 0.25) is 0 Å². The Bertz CT molecular complexity index is 848. The molecule has 0 heterocycles. The number of carboxylic acid groups (broad SMARTS) is 1. The first-order valence-electron chi connectivity index (χ1n) is 13.5. The monoisotopic (exact) mass is 602 g/mol. The fourth-order valence-electron chi connectivity index (χ4n) is 4.67. The fraction of sp³-hybridized carbons (Fsp3) is 0.714. The molecule has 1 aromatic rings. The minimum absolute atomic E-state index is 0.0675. The topological polar surface area (TPSA) is 102 Å². The molecule has 0 aromatic heterocycles. The minimum Gasteiger partial charge on any atom is -0.481 e. The Morgan fingerprint density at radius 1 is 0.732 bits per heavy atom. The average molecular weight is 603 g/mol. The molecule has 2 aliphatic carbocycles. The predicted octanol–water partition coefficient (Wildman–Crippen LogP) is 6.18. The molecular formula is C28H40F6O7. The first-order valence-corrected chi connectivity index (χ1v) is 13.5. The number of ether oxygens (including phenoxy) is 3. The third-order valence-electron chi connectivity index (χ3n) is 6.84. The van der Waals surface area contributed by atoms with E-state index in [-0.39, 0.29) is 49.5 Å². The van der Waals surface area contributed by atoms with Crippen molar-refractivity contribution in [3.63, 3.8) is 0 Å². The quantitative estimate of drug-likeness (QED) is 0.244. The van der Waals surface area contributed by atoms with Gasteiger partial charge in [-0.25, -0.2) is 0 Å². The van der Waals surface area contributed by atoms with E-state index in [1.165, 1.54) is 0 Å². The Morgan fingerprint density at radius 2 is 1.15 bits per heavy atom. The maximum atomic E-state index is 12.0. The highest BCUT2D eigenvalue weighted by Gasteiger charge is 2.31. The van der Waals surface area contributed by atoms with E-state index in [0.717, 1.165) is 12.7 Å². The molecular weight excluding hydrogens is 562 g/mol. The van der Waals surface area contributed by atoms with Crippen LogP contribution in [0.3, 0.4) is 0 Å². The summed E-state index contributed by atoms with van der Waals surface area (Å²) in [4.78, 5) is 22.6. The van der Waals surface area contributed by atoms with Crippen LogP contribution < -0.4 is 0 Å². The second-order valence-electron chi connectivity index (χ2n) is 10.1. The second kappa shape index (κ2) is 18.9. The number of rotatable bonds is 10. The van der Waals surface area contributed by atoms with Crippen molar-refractivity contribution in [3.8, 4) is 0 Å². The highest BCUT2D eigenvalue weighted by Crippen LogP contribution is 2.31. The number of carbonyl (C=O) groups is 2. The van der Waals surface area contributed by atoms with Crippen molar-refractivity contribution in [2.75, 3.05) is 33.5 Å². The lowest BCUT2D eigenvalue weighted by molar-refractivity contribution is -0.178. The van der Waals surface area contributed by atoms with Gasteiger partial charge in [0.15, 0.2) is 0 Å². The highest BCUT2D eigenvalue weighted by atomic mass is 19.4. The summed E-state index contributed by atoms with van der Waals surface area (Å²) in [5, 5.41) is 15.7. The van der Waals surface area contributed by atoms with Crippen LogP contribution in [0.15, 0.2) is 30.3 Å². The molecule has 13 heteroatoms. The smallest absolute Gasteiger partial charge is 0.411 e. The van der Waals surface area contributed by atoms with Gasteiger partial charge in [0.1, 0.15) is 19.8 Å². The van der Waals surface area contributed by atoms with Crippen molar-refractivity contribution >= 4 is 11.9 Å². The number of carboxylic acids is 1. The summed E-state index contributed by atoms with van der Waals surface area (Å²) in [6.07, 6.45) is -3.53. The zero-order valence-corrected chi connectivity index (χ0v) is 23.1. The zero-order chi connectivity index (χ0) is 30.9. The fourth-order valence-corrected chi connectivity index (χ4v) is 4.67. The number of hydrogen-bond acceptors (Lipinski definition) is 6. The lowest BCUT2D eigenvalue weighted by Gasteiger charge is -2.27. The van der Waals surface area contributed by atoms with Gasteiger partial charge in [-0.05, 0) is 68.8 Å². The van der Waals surface area contributed by atoms with E-state index < -0.39 is 31.5 Å². The molecule has 0 amide bonds. The Morgan fingerprint density at radius 3 is 1.54 bits per heavy atom. The molecule has 236 valence electrons. The molecule has 0 unspecified atom stereocenters. The Kier molecular flexibility index (Phi) is 16.9. The Labute approximate surface area is 236 Å². The molecule has 0 atom stereocenters. The van der Waals surface area contributed by atoms with E-state index in [4.69, 9.17) is 19.7 Å². The number of aliphatic carboxylic acids is 1. The number of esters is 1. The number of aliphatic hydroxyl groups is 1. The third-order valence-corrected chi connectivity index (χ3v) is 6.84. The van der Waals surface area contributed by atoms with Gasteiger partial charge in [0.25, 0.3) is 0 Å². The highest BCUT2D eigenvalue weighted by molar-refractivity contribution is 5.72. The Hall–Kier alpha value is -2.38. The predicted molar refractivity (Wildman–Crippen MR) is 137 cm³/mol. The molecule has 0 radical (unpaired) electrons. The summed E-state index contributed by atoms with van der Waals surface area (Å²) >= 11 is 0. The van der Waals surface area contributed by atoms with Crippen molar-refractivity contribution in [2.24, 2.45) is 23.7 Å². The molecule has 0 aliphatic heterocycles. The van der Waals surface area contributed by atoms with Crippen LogP contribution in [0, 0.1) is 23.7 Å². The number of alkyl halides is 6. The third kappa shape index (κ3) is 17.2. The van der Waals surface area contributed by atoms with Crippen LogP contribution in [-0.4, -0.2) is 68.0 Å². The summed E-state index contributed by atoms with van der Waals surface area (Å²) in [7, 11) is 1.00. The van der Waals surface area contributed by atoms with Gasteiger partial charge in [-0.15, -0.1) is 0 Å². The van der Waals surface area contributed by atoms with Crippen molar-refractivity contribution in [1.29, 1.82) is 0 Å². The van der Waals surface area contributed by atoms with Crippen molar-refractivity contribution < 1.29 is 60.4 Å². The standard InChI is InChI=1S/C17H21F3O3.C10H15F3O3.CH4O/c18-17(19,20)12-22-10-14-6-8-15(9-7-14)16(21)23-11-13-4-2-1-3-5-13;11-10(12,13)6-16-5-7-1-3-8(4-2-7)9(14)15;1-2/h1-5,14-15H,6-12H2;7-8H,1-6H2,(H,14,15);2H,1H3. The maximum absolute atomic E-state index is 12.0. The summed E-state index contributed by atoms with van der Waals surface area (Å²) in [6, 6.07) is 9.45. The Balaban J connectivity index is 0.000000410. The number of carbonyl (C=O) groups excluding carboxylic acids is 1. The van der Waals surface area contributed by atoms with Gasteiger partial charge >= 0.3 is 24.3 Å². The van der Waals surface area contributed by atoms with E-state index in [1.54, 1.807) is 0 Å². The van der Waals surface area contributed by atoms with E-state index in [0.29, 0.717) is 51.4 Å². The number of hydrogen-bond donors (Lipinski definition) is 2. The van der Waals surface area contributed by atoms with Crippen LogP contribution in [0.5, 0.6) is 0 Å². The molecule has 7 nitrogen and oxygen atoms in total. The molecule has 1 aromatic carbocycles. The summed E-state index contributed by atoms with van der Waals surface area (Å²) in [5.41, 5.74) is 0.940. The number of aliphatic hydroxyl groups excluding tert-OH is 1. The van der Waals surface area contributed by atoms with Gasteiger partial charge in [0.05, 0.1) is 11.8 Å². The molecule has 3 rings (SSSR count). The van der Waals surface area contributed by atoms with Gasteiger partial charge in [-0.3, -0.25) is 9.59 Å². The first-order chi connectivity index (χ1) is 19.3. The minimum atomic E-state index is -4.28. The van der Waals surface area contributed by atoms with Crippen LogP contribution in [-0.2, 0) is 30.4 Å². The SMILES string of the molecule is CO.O=C(O)C1CCC(COCC(F)(F)F)CC1.O=C(OCc1ccccc1)C1CCC(COCC(F)(F)F)CC1. The second-order valence-corrected chi connectivity index (χ2v) is 10.1. The summed E-state index contributed by atoms with van der Waals surface area (Å²) in [6.45, 7) is -1.98. The van der Waals surface area contributed by atoms with E-state index in [1.807, 2.05) is 30.3 Å². The molecule has 0 spiro atoms. The molecule has 2 saturated carbocycles. The van der Waals surface area contributed by atoms with Gasteiger partial charge in [-0.1, -0.05) is 30.3 Å². The molecule has 0 bridgehead atoms. The van der Waals surface area contributed by atoms with Gasteiger partial charge in [-0.2, -0.15) is 26.3 Å². The summed E-state index contributed by atoms with van der Waals surface area (Å²) in [5.74, 6) is -1.36. The van der Waals surface area contributed by atoms with Crippen molar-refractivity contribution in [3.05, 3.63) is 35.9 Å². The van der Waals surface area contributed by atoms with Crippen LogP contribution >= 0.6 is 0 Å². The van der Waals surface area contributed by atoms with Gasteiger partial charge in [0, 0.05) is 20.3 Å². The molecule has 0 saturated heterocycles. The first kappa shape index (κ1) is 36.6. The molecule has 2 aliphatic rings. The largest absolute Gasteiger partial charge is 0.481 e. The average Bonchev–Trinajstić information content (AvgIpc) is 2.93. The van der Waals surface area contributed by atoms with Crippen LogP contribution in [0.4, 0.5) is 26.3 Å². The number of halogens is 6. The normalized spacial score (nSPS) is 22.8. The van der Waals surface area contributed by atoms with Gasteiger partial charge < -0.3 is 24.4 Å². The lowest BCUT2D eigenvalue weighted by Crippen LogP contribution is -2.27. The number of benzene rings is 1. The summed E-state index contributed by atoms with van der Waals surface area (Å²) < 4.78 is 85.9. The van der Waals surface area contributed by atoms with E-state index >= 15 is 0 Å². The van der Waals surface area contributed by atoms with Crippen molar-refractivity contribution in [2.45, 2.75) is 70.3 Å². The van der Waals surface area contributed by atoms with E-state index in [2.05, 4.69) is 4.74 Å². The van der Waals surface area contributed by atoms with Crippen LogP contribution in [0.25, 0.3) is 0 Å². The molecule has 2 N–H and O–H groups in total.